The molecule has 1 amide bonds. The van der Waals surface area contributed by atoms with E-state index in [2.05, 4.69) is 10.1 Å². The molecular weight excluding hydrogens is 470 g/mol. The van der Waals surface area contributed by atoms with Gasteiger partial charge in [-0.25, -0.2) is 4.98 Å². The summed E-state index contributed by atoms with van der Waals surface area (Å²) in [6.07, 6.45) is 8.80. The molecule has 1 aliphatic carbocycles. The Morgan fingerprint density at radius 3 is 2.91 bits per heavy atom. The van der Waals surface area contributed by atoms with Crippen LogP contribution >= 0.6 is 22.9 Å². The average molecular weight is 490 g/mol. The van der Waals surface area contributed by atoms with E-state index in [4.69, 9.17) is 17.3 Å². The van der Waals surface area contributed by atoms with Gasteiger partial charge in [0.15, 0.2) is 0 Å². The predicted molar refractivity (Wildman–Crippen MR) is 123 cm³/mol. The van der Waals surface area contributed by atoms with E-state index in [0.29, 0.717) is 11.3 Å². The number of rotatable bonds is 4. The predicted octanol–water partition coefficient (Wildman–Crippen LogP) is 2.64. The molecule has 8 nitrogen and oxygen atoms in total. The van der Waals surface area contributed by atoms with Crippen LogP contribution in [0.1, 0.15) is 18.2 Å². The number of aromatic nitrogens is 3. The Morgan fingerprint density at radius 1 is 1.34 bits per heavy atom. The quantitative estimate of drug-likeness (QED) is 0.564. The standard InChI is InChI=1S/C21H20ClN5O3S2/c1-21(7-3-2-4-18(21)22)19(23)20(28)26-9-13-10-27(25-16(13)11-26)32(29,30)14-5-6-15-17(8-14)31-12-24-15/h2-8,10,12,18-19H,9,11,23H2,1H3/t18?,19-,21?/m0/s1. The zero-order valence-corrected chi connectivity index (χ0v) is 19.4. The SMILES string of the molecule is CC1([C@@H](N)C(=O)N2Cc3cn(S(=O)(=O)c4ccc5ncsc5c4)nc3C2)C=CC=CC1Cl. The number of allylic oxidation sites excluding steroid dienone is 3. The van der Waals surface area contributed by atoms with E-state index in [0.717, 1.165) is 14.3 Å². The summed E-state index contributed by atoms with van der Waals surface area (Å²) in [5.74, 6) is -0.249. The molecule has 32 heavy (non-hydrogen) atoms. The zero-order valence-electron chi connectivity index (χ0n) is 17.1. The highest BCUT2D eigenvalue weighted by Gasteiger charge is 2.43. The molecule has 2 N–H and O–H groups in total. The van der Waals surface area contributed by atoms with E-state index in [1.165, 1.54) is 23.6 Å². The van der Waals surface area contributed by atoms with Gasteiger partial charge in [-0.05, 0) is 18.2 Å². The van der Waals surface area contributed by atoms with Crippen LogP contribution in [0.4, 0.5) is 0 Å². The minimum atomic E-state index is -3.85. The van der Waals surface area contributed by atoms with Gasteiger partial charge in [-0.1, -0.05) is 31.2 Å². The lowest BCUT2D eigenvalue weighted by molar-refractivity contribution is -0.135. The van der Waals surface area contributed by atoms with Gasteiger partial charge in [0, 0.05) is 23.7 Å². The topological polar surface area (TPSA) is 111 Å². The molecule has 3 aromatic rings. The number of fused-ring (bicyclic) bond motifs is 2. The van der Waals surface area contributed by atoms with Crippen molar-refractivity contribution in [3.63, 3.8) is 0 Å². The van der Waals surface area contributed by atoms with E-state index < -0.39 is 26.9 Å². The van der Waals surface area contributed by atoms with Crippen LogP contribution in [0.25, 0.3) is 10.2 Å². The molecule has 0 bridgehead atoms. The molecule has 5 rings (SSSR count). The molecule has 0 spiro atoms. The van der Waals surface area contributed by atoms with E-state index in [-0.39, 0.29) is 23.9 Å². The summed E-state index contributed by atoms with van der Waals surface area (Å²) in [5, 5.41) is 3.87. The third-order valence-electron chi connectivity index (χ3n) is 6.09. The Labute approximate surface area is 194 Å². The summed E-state index contributed by atoms with van der Waals surface area (Å²) in [4.78, 5) is 19.0. The summed E-state index contributed by atoms with van der Waals surface area (Å²) in [5.41, 5.74) is 9.25. The molecule has 2 aliphatic rings. The summed E-state index contributed by atoms with van der Waals surface area (Å²) in [6, 6.07) is 3.96. The van der Waals surface area contributed by atoms with E-state index in [9.17, 15) is 13.2 Å². The lowest BCUT2D eigenvalue weighted by Gasteiger charge is -2.37. The second kappa shape index (κ2) is 7.51. The minimum Gasteiger partial charge on any atom is -0.331 e. The fourth-order valence-corrected chi connectivity index (χ4v) is 6.25. The highest BCUT2D eigenvalue weighted by atomic mass is 35.5. The van der Waals surface area contributed by atoms with Crippen LogP contribution in [0.5, 0.6) is 0 Å². The molecular formula is C21H20ClN5O3S2. The van der Waals surface area contributed by atoms with Gasteiger partial charge < -0.3 is 10.6 Å². The number of thiazole rings is 1. The molecule has 0 saturated heterocycles. The van der Waals surface area contributed by atoms with Crippen LogP contribution in [-0.4, -0.2) is 44.8 Å². The number of carbonyl (C=O) groups excluding carboxylic acids is 1. The average Bonchev–Trinajstić information content (AvgIpc) is 3.49. The molecule has 3 heterocycles. The number of alkyl halides is 1. The Hall–Kier alpha value is -2.53. The number of nitrogens with two attached hydrogens (primary N) is 1. The lowest BCUT2D eigenvalue weighted by Crippen LogP contribution is -2.54. The molecule has 0 fully saturated rings. The van der Waals surface area contributed by atoms with Crippen molar-refractivity contribution in [2.24, 2.45) is 11.1 Å². The number of nitrogens with zero attached hydrogens (tertiary/aromatic N) is 4. The van der Waals surface area contributed by atoms with Gasteiger partial charge in [0.05, 0.1) is 44.3 Å². The first-order valence-corrected chi connectivity index (χ1v) is 12.7. The number of hydrogen-bond donors (Lipinski definition) is 1. The maximum absolute atomic E-state index is 13.1. The number of halogens is 1. The number of carbonyl (C=O) groups is 1. The Bertz CT molecular complexity index is 1370. The molecule has 0 radical (unpaired) electrons. The Balaban J connectivity index is 1.36. The summed E-state index contributed by atoms with van der Waals surface area (Å²) >= 11 is 7.80. The second-order valence-corrected chi connectivity index (χ2v) is 11.3. The van der Waals surface area contributed by atoms with Crippen LogP contribution in [0.3, 0.4) is 0 Å². The van der Waals surface area contributed by atoms with Crippen molar-refractivity contribution in [3.05, 3.63) is 65.5 Å². The van der Waals surface area contributed by atoms with Gasteiger partial charge in [-0.3, -0.25) is 4.79 Å². The van der Waals surface area contributed by atoms with Crippen molar-refractivity contribution in [2.75, 3.05) is 0 Å². The number of hydrogen-bond acceptors (Lipinski definition) is 7. The van der Waals surface area contributed by atoms with Crippen molar-refractivity contribution in [1.82, 2.24) is 19.1 Å². The third kappa shape index (κ3) is 3.29. The second-order valence-electron chi connectivity index (χ2n) is 8.14. The zero-order chi connectivity index (χ0) is 22.7. The number of benzene rings is 1. The lowest BCUT2D eigenvalue weighted by atomic mass is 9.76. The van der Waals surface area contributed by atoms with Crippen LogP contribution in [-0.2, 0) is 27.9 Å². The molecule has 2 aromatic heterocycles. The molecule has 3 atom stereocenters. The van der Waals surface area contributed by atoms with Crippen LogP contribution in [0.15, 0.2) is 59.1 Å². The van der Waals surface area contributed by atoms with Gasteiger partial charge in [-0.15, -0.1) is 22.9 Å². The summed E-state index contributed by atoms with van der Waals surface area (Å²) in [6.45, 7) is 2.30. The minimum absolute atomic E-state index is 0.142. The fourth-order valence-electron chi connectivity index (χ4n) is 3.97. The third-order valence-corrected chi connectivity index (χ3v) is 9.03. The maximum Gasteiger partial charge on any atom is 0.283 e. The summed E-state index contributed by atoms with van der Waals surface area (Å²) in [7, 11) is -3.85. The molecule has 0 saturated carbocycles. The van der Waals surface area contributed by atoms with Crippen molar-refractivity contribution in [2.45, 2.75) is 36.3 Å². The highest BCUT2D eigenvalue weighted by molar-refractivity contribution is 7.89. The first-order valence-electron chi connectivity index (χ1n) is 9.91. The van der Waals surface area contributed by atoms with Crippen molar-refractivity contribution in [3.8, 4) is 0 Å². The van der Waals surface area contributed by atoms with Gasteiger partial charge in [0.1, 0.15) is 0 Å². The summed E-state index contributed by atoms with van der Waals surface area (Å²) < 4.78 is 27.9. The normalized spacial score (nSPS) is 23.6. The Morgan fingerprint density at radius 2 is 2.16 bits per heavy atom. The Kier molecular flexibility index (Phi) is 5.01. The maximum atomic E-state index is 13.1. The van der Waals surface area contributed by atoms with Gasteiger partial charge in [-0.2, -0.15) is 17.6 Å². The molecule has 2 unspecified atom stereocenters. The molecule has 11 heteroatoms. The van der Waals surface area contributed by atoms with Crippen LogP contribution in [0.2, 0.25) is 0 Å². The van der Waals surface area contributed by atoms with E-state index in [1.54, 1.807) is 22.5 Å². The van der Waals surface area contributed by atoms with Gasteiger partial charge in [0.2, 0.25) is 5.91 Å². The van der Waals surface area contributed by atoms with Crippen molar-refractivity contribution >= 4 is 49.1 Å². The number of amides is 1. The smallest absolute Gasteiger partial charge is 0.283 e. The highest BCUT2D eigenvalue weighted by Crippen LogP contribution is 2.36. The fraction of sp³-hybridized carbons (Fsp3) is 0.286. The first kappa shape index (κ1) is 21.3. The molecule has 1 aromatic carbocycles. The largest absolute Gasteiger partial charge is 0.331 e. The monoisotopic (exact) mass is 489 g/mol. The first-order chi connectivity index (χ1) is 15.2. The van der Waals surface area contributed by atoms with Gasteiger partial charge in [0.25, 0.3) is 10.0 Å². The van der Waals surface area contributed by atoms with Crippen LogP contribution < -0.4 is 5.73 Å². The molecule has 166 valence electrons. The van der Waals surface area contributed by atoms with E-state index >= 15 is 0 Å². The van der Waals surface area contributed by atoms with Crippen LogP contribution in [0, 0.1) is 5.41 Å². The van der Waals surface area contributed by atoms with Gasteiger partial charge >= 0.3 is 0 Å². The van der Waals surface area contributed by atoms with Crippen molar-refractivity contribution in [1.29, 1.82) is 0 Å². The van der Waals surface area contributed by atoms with E-state index in [1.807, 2.05) is 31.2 Å². The van der Waals surface area contributed by atoms with Crippen molar-refractivity contribution < 1.29 is 13.2 Å². The molecule has 1 aliphatic heterocycles.